The minimum atomic E-state index is -4.32. The number of benzene rings is 1. The molecule has 1 rings (SSSR count). The van der Waals surface area contributed by atoms with Gasteiger partial charge in [0.15, 0.2) is 0 Å². The Kier molecular flexibility index (Phi) is 5.95. The smallest absolute Gasteiger partial charge is 0.333 e. The second-order valence-corrected chi connectivity index (χ2v) is 5.97. The number of rotatable bonds is 7. The van der Waals surface area contributed by atoms with Crippen LogP contribution in [0.1, 0.15) is 6.92 Å². The highest BCUT2D eigenvalue weighted by Crippen LogP contribution is 2.35. The Hall–Kier alpha value is -1.62. The standard InChI is InChI=1S/C13H17O6P/c1-10(2)13(14)19-12(9-20(15,16)17)8-18-11-6-4-3-5-7-11/h3-7,12H,1,8-9H2,2H3,(H2,15,16,17). The molecule has 0 spiro atoms. The predicted octanol–water partition coefficient (Wildman–Crippen LogP) is 1.73. The average Bonchev–Trinajstić information content (AvgIpc) is 2.35. The maximum absolute atomic E-state index is 11.4. The van der Waals surface area contributed by atoms with Crippen molar-refractivity contribution in [2.45, 2.75) is 13.0 Å². The zero-order chi connectivity index (χ0) is 15.2. The molecule has 20 heavy (non-hydrogen) atoms. The molecule has 0 amide bonds. The van der Waals surface area contributed by atoms with Crippen molar-refractivity contribution in [3.63, 3.8) is 0 Å². The van der Waals surface area contributed by atoms with E-state index >= 15 is 0 Å². The molecule has 1 unspecified atom stereocenters. The van der Waals surface area contributed by atoms with E-state index in [-0.39, 0.29) is 12.2 Å². The molecule has 0 bridgehead atoms. The normalized spacial score (nSPS) is 12.6. The quantitative estimate of drug-likeness (QED) is 0.452. The molecule has 0 aliphatic heterocycles. The molecule has 0 heterocycles. The van der Waals surface area contributed by atoms with Gasteiger partial charge in [0, 0.05) is 5.57 Å². The topological polar surface area (TPSA) is 93.1 Å². The van der Waals surface area contributed by atoms with E-state index in [1.54, 1.807) is 30.3 Å². The lowest BCUT2D eigenvalue weighted by Gasteiger charge is -2.19. The van der Waals surface area contributed by atoms with Gasteiger partial charge >= 0.3 is 13.6 Å². The SMILES string of the molecule is C=C(C)C(=O)OC(COc1ccccc1)CP(=O)(O)O. The first-order valence-corrected chi connectivity index (χ1v) is 7.66. The van der Waals surface area contributed by atoms with Crippen molar-refractivity contribution in [3.05, 3.63) is 42.5 Å². The second-order valence-electron chi connectivity index (χ2n) is 4.28. The van der Waals surface area contributed by atoms with Crippen LogP contribution in [0.5, 0.6) is 5.75 Å². The van der Waals surface area contributed by atoms with E-state index in [1.165, 1.54) is 6.92 Å². The van der Waals surface area contributed by atoms with Crippen molar-refractivity contribution in [3.8, 4) is 5.75 Å². The zero-order valence-corrected chi connectivity index (χ0v) is 12.0. The Morgan fingerprint density at radius 2 is 1.95 bits per heavy atom. The molecular weight excluding hydrogens is 283 g/mol. The maximum atomic E-state index is 11.4. The van der Waals surface area contributed by atoms with Crippen molar-refractivity contribution in [2.24, 2.45) is 0 Å². The molecule has 0 fully saturated rings. The van der Waals surface area contributed by atoms with Gasteiger partial charge in [0.1, 0.15) is 18.5 Å². The highest BCUT2D eigenvalue weighted by Gasteiger charge is 2.25. The summed E-state index contributed by atoms with van der Waals surface area (Å²) in [7, 11) is -4.32. The second kappa shape index (κ2) is 7.24. The Bertz CT molecular complexity index is 507. The summed E-state index contributed by atoms with van der Waals surface area (Å²) in [5.41, 5.74) is 0.153. The summed E-state index contributed by atoms with van der Waals surface area (Å²) in [6, 6.07) is 8.70. The Morgan fingerprint density at radius 1 is 1.35 bits per heavy atom. The van der Waals surface area contributed by atoms with E-state index in [0.717, 1.165) is 0 Å². The first kappa shape index (κ1) is 16.4. The number of hydrogen-bond acceptors (Lipinski definition) is 4. The van der Waals surface area contributed by atoms with Gasteiger partial charge in [-0.1, -0.05) is 24.8 Å². The third-order valence-corrected chi connectivity index (χ3v) is 3.13. The molecule has 0 aliphatic rings. The van der Waals surface area contributed by atoms with E-state index in [4.69, 9.17) is 19.3 Å². The number of carbonyl (C=O) groups excluding carboxylic acids is 1. The lowest BCUT2D eigenvalue weighted by molar-refractivity contribution is -0.144. The fraction of sp³-hybridized carbons (Fsp3) is 0.308. The third kappa shape index (κ3) is 6.52. The molecule has 0 aromatic heterocycles. The summed E-state index contributed by atoms with van der Waals surface area (Å²) in [6.07, 6.45) is -1.64. The maximum Gasteiger partial charge on any atom is 0.333 e. The fourth-order valence-electron chi connectivity index (χ4n) is 1.35. The minimum Gasteiger partial charge on any atom is -0.490 e. The molecule has 1 atom stereocenters. The summed E-state index contributed by atoms with van der Waals surface area (Å²) in [6.45, 7) is 4.72. The van der Waals surface area contributed by atoms with Crippen molar-refractivity contribution in [1.82, 2.24) is 0 Å². The van der Waals surface area contributed by atoms with E-state index in [1.807, 2.05) is 0 Å². The lowest BCUT2D eigenvalue weighted by Crippen LogP contribution is -2.29. The van der Waals surface area contributed by atoms with Crippen LogP contribution in [0.3, 0.4) is 0 Å². The van der Waals surface area contributed by atoms with Gasteiger partial charge in [-0.15, -0.1) is 0 Å². The number of esters is 1. The first-order valence-electron chi connectivity index (χ1n) is 5.87. The van der Waals surface area contributed by atoms with Gasteiger partial charge in [0.25, 0.3) is 0 Å². The van der Waals surface area contributed by atoms with Gasteiger partial charge in [-0.05, 0) is 19.1 Å². The van der Waals surface area contributed by atoms with E-state index < -0.39 is 25.8 Å². The summed E-state index contributed by atoms with van der Waals surface area (Å²) >= 11 is 0. The minimum absolute atomic E-state index is 0.145. The predicted molar refractivity (Wildman–Crippen MR) is 73.5 cm³/mol. The molecule has 6 nitrogen and oxygen atoms in total. The Balaban J connectivity index is 2.65. The van der Waals surface area contributed by atoms with Gasteiger partial charge in [-0.3, -0.25) is 4.57 Å². The van der Waals surface area contributed by atoms with Gasteiger partial charge in [-0.2, -0.15) is 0 Å². The lowest BCUT2D eigenvalue weighted by atomic mass is 10.3. The molecule has 7 heteroatoms. The summed E-state index contributed by atoms with van der Waals surface area (Å²) in [4.78, 5) is 29.4. The number of hydrogen-bond donors (Lipinski definition) is 2. The van der Waals surface area contributed by atoms with E-state index in [2.05, 4.69) is 6.58 Å². The van der Waals surface area contributed by atoms with Gasteiger partial charge in [0.05, 0.1) is 6.16 Å². The van der Waals surface area contributed by atoms with E-state index in [9.17, 15) is 9.36 Å². The van der Waals surface area contributed by atoms with Crippen LogP contribution in [-0.4, -0.2) is 34.6 Å². The largest absolute Gasteiger partial charge is 0.490 e. The van der Waals surface area contributed by atoms with Gasteiger partial charge in [-0.25, -0.2) is 4.79 Å². The van der Waals surface area contributed by atoms with Crippen molar-refractivity contribution >= 4 is 13.6 Å². The molecule has 110 valence electrons. The highest BCUT2D eigenvalue weighted by atomic mass is 31.2. The van der Waals surface area contributed by atoms with Gasteiger partial charge < -0.3 is 19.3 Å². The summed E-state index contributed by atoms with van der Waals surface area (Å²) in [5.74, 6) is -0.185. The molecular formula is C13H17O6P. The molecule has 0 saturated carbocycles. The van der Waals surface area contributed by atoms with Crippen molar-refractivity contribution < 1.29 is 28.6 Å². The number of carbonyl (C=O) groups is 1. The monoisotopic (exact) mass is 300 g/mol. The van der Waals surface area contributed by atoms with Crippen LogP contribution in [-0.2, 0) is 14.1 Å². The fourth-order valence-corrected chi connectivity index (χ4v) is 2.06. The van der Waals surface area contributed by atoms with Crippen molar-refractivity contribution in [1.29, 1.82) is 0 Å². The Labute approximate surface area is 117 Å². The number of ether oxygens (including phenoxy) is 2. The molecule has 0 aliphatic carbocycles. The molecule has 1 aromatic carbocycles. The summed E-state index contributed by atoms with van der Waals surface area (Å²) < 4.78 is 21.3. The highest BCUT2D eigenvalue weighted by molar-refractivity contribution is 7.51. The van der Waals surface area contributed by atoms with Crippen LogP contribution < -0.4 is 4.74 Å². The van der Waals surface area contributed by atoms with Crippen molar-refractivity contribution in [2.75, 3.05) is 12.8 Å². The van der Waals surface area contributed by atoms with Crippen LogP contribution >= 0.6 is 7.60 Å². The van der Waals surface area contributed by atoms with Crippen LogP contribution in [0, 0.1) is 0 Å². The van der Waals surface area contributed by atoms with Crippen LogP contribution in [0.4, 0.5) is 0 Å². The average molecular weight is 300 g/mol. The molecule has 0 radical (unpaired) electrons. The molecule has 1 aromatic rings. The molecule has 0 saturated heterocycles. The number of para-hydroxylation sites is 1. The van der Waals surface area contributed by atoms with Crippen LogP contribution in [0.2, 0.25) is 0 Å². The van der Waals surface area contributed by atoms with Crippen LogP contribution in [0.25, 0.3) is 0 Å². The van der Waals surface area contributed by atoms with Crippen LogP contribution in [0.15, 0.2) is 42.5 Å². The van der Waals surface area contributed by atoms with Gasteiger partial charge in [0.2, 0.25) is 0 Å². The zero-order valence-electron chi connectivity index (χ0n) is 11.1. The molecule has 2 N–H and O–H groups in total. The van der Waals surface area contributed by atoms with E-state index in [0.29, 0.717) is 5.75 Å². The third-order valence-electron chi connectivity index (χ3n) is 2.24. The first-order chi connectivity index (χ1) is 9.28. The Morgan fingerprint density at radius 3 is 2.45 bits per heavy atom. The summed E-state index contributed by atoms with van der Waals surface area (Å²) in [5, 5.41) is 0.